The van der Waals surface area contributed by atoms with E-state index < -0.39 is 27.5 Å². The quantitative estimate of drug-likeness (QED) is 0.297. The molecule has 1 amide bonds. The van der Waals surface area contributed by atoms with Crippen LogP contribution in [0.25, 0.3) is 5.82 Å². The first-order valence-corrected chi connectivity index (χ1v) is 15.9. The molecule has 238 valence electrons. The lowest BCUT2D eigenvalue weighted by atomic mass is 9.94. The standard InChI is InChI=1S/C29H36F3N7O4S/c1-27(2)17-20(19-38(27)3)9-14-33-22-5-4-6-25(35-22)44(41,42)37-26(40)21-7-8-23(34-18-21)39-15-10-24(36-39)43-16-13-28(11-12-28)29(30,31)32/h4-8,10,15,18,20H,9,11-14,16-17,19H2,1-3H3,(H,33,35)(H,37,40). The van der Waals surface area contributed by atoms with Crippen LogP contribution < -0.4 is 14.8 Å². The molecular weight excluding hydrogens is 599 g/mol. The molecule has 0 bridgehead atoms. The molecule has 11 nitrogen and oxygen atoms in total. The average molecular weight is 636 g/mol. The number of alkyl halides is 3. The SMILES string of the molecule is CN1CC(CCNc2cccc(S(=O)(=O)NC(=O)c3ccc(-n4ccc(OCCC5(C(F)(F)F)CC5)n4)nc3)n2)CC1(C)C. The number of carbonyl (C=O) groups is 1. The monoisotopic (exact) mass is 635 g/mol. The smallest absolute Gasteiger partial charge is 0.394 e. The number of aromatic nitrogens is 4. The Bertz CT molecular complexity index is 1590. The van der Waals surface area contributed by atoms with Crippen molar-refractivity contribution >= 4 is 21.7 Å². The Balaban J connectivity index is 1.13. The van der Waals surface area contributed by atoms with Gasteiger partial charge in [-0.05, 0) is 83.2 Å². The van der Waals surface area contributed by atoms with Crippen LogP contribution in [0.2, 0.25) is 0 Å². The van der Waals surface area contributed by atoms with E-state index in [0.717, 1.165) is 19.4 Å². The molecule has 1 aliphatic heterocycles. The maximum atomic E-state index is 13.1. The Kier molecular flexibility index (Phi) is 8.64. The number of carbonyl (C=O) groups excluding carboxylic acids is 1. The minimum atomic E-state index is -4.27. The normalized spacial score (nSPS) is 19.5. The fourth-order valence-electron chi connectivity index (χ4n) is 5.40. The second-order valence-corrected chi connectivity index (χ2v) is 13.8. The van der Waals surface area contributed by atoms with Crippen LogP contribution in [0.15, 0.2) is 53.8 Å². The first-order valence-electron chi connectivity index (χ1n) is 14.4. The number of amides is 1. The van der Waals surface area contributed by atoms with Gasteiger partial charge in [0, 0.05) is 37.1 Å². The lowest BCUT2D eigenvalue weighted by molar-refractivity contribution is -0.190. The first kappa shape index (κ1) is 31.7. The molecular formula is C29H36F3N7O4S. The largest absolute Gasteiger partial charge is 0.477 e. The van der Waals surface area contributed by atoms with Gasteiger partial charge in [-0.25, -0.2) is 19.4 Å². The molecule has 5 rings (SSSR count). The Hall–Kier alpha value is -3.72. The van der Waals surface area contributed by atoms with E-state index in [9.17, 15) is 26.4 Å². The van der Waals surface area contributed by atoms with Gasteiger partial charge in [-0.15, -0.1) is 5.10 Å². The minimum Gasteiger partial charge on any atom is -0.477 e. The van der Waals surface area contributed by atoms with Gasteiger partial charge in [0.1, 0.15) is 5.82 Å². The van der Waals surface area contributed by atoms with Crippen molar-refractivity contribution in [3.63, 3.8) is 0 Å². The van der Waals surface area contributed by atoms with Crippen molar-refractivity contribution in [1.29, 1.82) is 0 Å². The van der Waals surface area contributed by atoms with Gasteiger partial charge in [-0.1, -0.05) is 6.07 Å². The predicted octanol–water partition coefficient (Wildman–Crippen LogP) is 4.42. The number of hydrogen-bond donors (Lipinski definition) is 2. The third-order valence-corrected chi connectivity index (χ3v) is 9.77. The van der Waals surface area contributed by atoms with Gasteiger partial charge in [0.2, 0.25) is 5.88 Å². The van der Waals surface area contributed by atoms with Gasteiger partial charge >= 0.3 is 6.18 Å². The molecule has 2 N–H and O–H groups in total. The number of rotatable bonds is 12. The van der Waals surface area contributed by atoms with Crippen LogP contribution in [0.1, 0.15) is 56.3 Å². The Morgan fingerprint density at radius 1 is 1.16 bits per heavy atom. The zero-order valence-electron chi connectivity index (χ0n) is 24.8. The maximum Gasteiger partial charge on any atom is 0.394 e. The highest BCUT2D eigenvalue weighted by molar-refractivity contribution is 7.90. The molecule has 1 atom stereocenters. The summed E-state index contributed by atoms with van der Waals surface area (Å²) in [4.78, 5) is 23.4. The lowest BCUT2D eigenvalue weighted by Gasteiger charge is -2.26. The molecule has 15 heteroatoms. The summed E-state index contributed by atoms with van der Waals surface area (Å²) in [6.45, 7) is 5.96. The van der Waals surface area contributed by atoms with Gasteiger partial charge < -0.3 is 15.0 Å². The molecule has 2 fully saturated rings. The molecule has 1 saturated carbocycles. The van der Waals surface area contributed by atoms with E-state index in [1.165, 1.54) is 41.3 Å². The first-order chi connectivity index (χ1) is 20.7. The molecule has 0 radical (unpaired) electrons. The van der Waals surface area contributed by atoms with Crippen LogP contribution in [0, 0.1) is 11.3 Å². The number of anilines is 1. The van der Waals surface area contributed by atoms with Crippen molar-refractivity contribution in [3.8, 4) is 11.7 Å². The number of pyridine rings is 2. The number of nitrogens with zero attached hydrogens (tertiary/aromatic N) is 5. The summed E-state index contributed by atoms with van der Waals surface area (Å²) < 4.78 is 73.9. The van der Waals surface area contributed by atoms with Crippen molar-refractivity contribution < 1.29 is 31.1 Å². The van der Waals surface area contributed by atoms with Crippen LogP contribution in [0.5, 0.6) is 5.88 Å². The molecule has 4 heterocycles. The number of likely N-dealkylation sites (tertiary alicyclic amines) is 1. The van der Waals surface area contributed by atoms with E-state index in [0.29, 0.717) is 24.1 Å². The number of sulfonamides is 1. The molecule has 0 spiro atoms. The van der Waals surface area contributed by atoms with Crippen LogP contribution in [0.4, 0.5) is 19.0 Å². The summed E-state index contributed by atoms with van der Waals surface area (Å²) in [5.74, 6) is 0.467. The molecule has 1 aliphatic carbocycles. The van der Waals surface area contributed by atoms with E-state index in [1.807, 2.05) is 4.72 Å². The average Bonchev–Trinajstić information content (AvgIpc) is 3.54. The van der Waals surface area contributed by atoms with Crippen molar-refractivity contribution in [2.45, 2.75) is 62.7 Å². The van der Waals surface area contributed by atoms with Gasteiger partial charge in [0.25, 0.3) is 15.9 Å². The summed E-state index contributed by atoms with van der Waals surface area (Å²) in [6.07, 6.45) is 0.543. The molecule has 1 unspecified atom stereocenters. The Labute approximate surface area is 254 Å². The number of halogens is 3. The summed E-state index contributed by atoms with van der Waals surface area (Å²) in [5, 5.41) is 7.04. The summed E-state index contributed by atoms with van der Waals surface area (Å²) in [7, 11) is -2.15. The van der Waals surface area contributed by atoms with Crippen molar-refractivity contribution in [1.82, 2.24) is 29.4 Å². The van der Waals surface area contributed by atoms with Crippen molar-refractivity contribution in [3.05, 3.63) is 54.4 Å². The predicted molar refractivity (Wildman–Crippen MR) is 156 cm³/mol. The van der Waals surface area contributed by atoms with Crippen LogP contribution in [-0.4, -0.2) is 77.4 Å². The molecule has 1 saturated heterocycles. The van der Waals surface area contributed by atoms with Gasteiger partial charge in [0.15, 0.2) is 10.8 Å². The second kappa shape index (κ2) is 12.0. The maximum absolute atomic E-state index is 13.1. The van der Waals surface area contributed by atoms with Gasteiger partial charge in [-0.3, -0.25) is 4.79 Å². The van der Waals surface area contributed by atoms with Crippen LogP contribution in [-0.2, 0) is 10.0 Å². The van der Waals surface area contributed by atoms with E-state index in [2.05, 4.69) is 46.2 Å². The third-order valence-electron chi connectivity index (χ3n) is 8.53. The Morgan fingerprint density at radius 3 is 2.57 bits per heavy atom. The van der Waals surface area contributed by atoms with Crippen LogP contribution in [0.3, 0.4) is 0 Å². The molecule has 2 aliphatic rings. The highest BCUT2D eigenvalue weighted by Gasteiger charge is 2.62. The van der Waals surface area contributed by atoms with E-state index in [1.54, 1.807) is 12.1 Å². The Morgan fingerprint density at radius 2 is 1.93 bits per heavy atom. The van der Waals surface area contributed by atoms with E-state index in [4.69, 9.17) is 4.74 Å². The minimum absolute atomic E-state index is 0.0124. The zero-order valence-corrected chi connectivity index (χ0v) is 25.6. The molecule has 3 aromatic rings. The molecule has 3 aromatic heterocycles. The topological polar surface area (TPSA) is 131 Å². The fourth-order valence-corrected chi connectivity index (χ4v) is 6.34. The van der Waals surface area contributed by atoms with Crippen LogP contribution >= 0.6 is 0 Å². The van der Waals surface area contributed by atoms with E-state index in [-0.39, 0.29) is 47.9 Å². The number of nitrogens with one attached hydrogen (secondary N) is 2. The van der Waals surface area contributed by atoms with Gasteiger partial charge in [0.05, 0.1) is 17.6 Å². The third kappa shape index (κ3) is 7.15. The molecule has 0 aromatic carbocycles. The lowest BCUT2D eigenvalue weighted by Crippen LogP contribution is -2.34. The van der Waals surface area contributed by atoms with Crippen molar-refractivity contribution in [2.24, 2.45) is 11.3 Å². The van der Waals surface area contributed by atoms with Gasteiger partial charge in [-0.2, -0.15) is 21.6 Å². The van der Waals surface area contributed by atoms with E-state index >= 15 is 0 Å². The zero-order chi connectivity index (χ0) is 31.8. The highest BCUT2D eigenvalue weighted by atomic mass is 32.2. The summed E-state index contributed by atoms with van der Waals surface area (Å²) in [5.41, 5.74) is -1.50. The summed E-state index contributed by atoms with van der Waals surface area (Å²) >= 11 is 0. The second-order valence-electron chi connectivity index (χ2n) is 12.2. The number of hydrogen-bond acceptors (Lipinski definition) is 9. The summed E-state index contributed by atoms with van der Waals surface area (Å²) in [6, 6.07) is 8.86. The van der Waals surface area contributed by atoms with Crippen molar-refractivity contribution in [2.75, 3.05) is 32.1 Å². The number of ether oxygens (including phenoxy) is 1. The molecule has 44 heavy (non-hydrogen) atoms. The fraction of sp³-hybridized carbons (Fsp3) is 0.517. The highest BCUT2D eigenvalue weighted by Crippen LogP contribution is 2.59.